The highest BCUT2D eigenvalue weighted by Crippen LogP contribution is 2.37. The minimum Gasteiger partial charge on any atom is -0.490 e. The molecule has 0 spiro atoms. The van der Waals surface area contributed by atoms with Crippen LogP contribution in [0.5, 0.6) is 11.5 Å². The number of ether oxygens (including phenoxy) is 3. The largest absolute Gasteiger partial charge is 0.490 e. The number of carbonyl (C=O) groups is 1. The third-order valence-electron chi connectivity index (χ3n) is 3.56. The van der Waals surface area contributed by atoms with E-state index < -0.39 is 5.97 Å². The molecule has 136 valence electrons. The number of nitrogens with zero attached hydrogens (tertiary/aromatic N) is 2. The Bertz CT molecular complexity index is 962. The number of cyclic esters (lactones) is 1. The smallest absolute Gasteiger partial charge is 0.363 e. The average Bonchev–Trinajstić information content (AvgIpc) is 3.03. The van der Waals surface area contributed by atoms with Gasteiger partial charge in [0.2, 0.25) is 5.90 Å². The van der Waals surface area contributed by atoms with Gasteiger partial charge < -0.3 is 14.2 Å². The molecule has 27 heavy (non-hydrogen) atoms. The molecule has 0 aromatic heterocycles. The summed E-state index contributed by atoms with van der Waals surface area (Å²) in [6, 6.07) is 14.3. The molecule has 0 saturated carbocycles. The fourth-order valence-electron chi connectivity index (χ4n) is 2.45. The summed E-state index contributed by atoms with van der Waals surface area (Å²) >= 11 is 6.26. The predicted octanol–water partition coefficient (Wildman–Crippen LogP) is 3.99. The summed E-state index contributed by atoms with van der Waals surface area (Å²) in [7, 11) is 0. The first kappa shape index (κ1) is 18.5. The Kier molecular flexibility index (Phi) is 5.74. The summed E-state index contributed by atoms with van der Waals surface area (Å²) in [6.45, 7) is 2.05. The zero-order valence-electron chi connectivity index (χ0n) is 14.4. The molecule has 0 aliphatic carbocycles. The van der Waals surface area contributed by atoms with Crippen LogP contribution in [0, 0.1) is 11.3 Å². The summed E-state index contributed by atoms with van der Waals surface area (Å²) < 4.78 is 16.1. The number of halogens is 1. The van der Waals surface area contributed by atoms with E-state index in [1.54, 1.807) is 30.3 Å². The highest BCUT2D eigenvalue weighted by molar-refractivity contribution is 6.32. The summed E-state index contributed by atoms with van der Waals surface area (Å²) in [4.78, 5) is 16.4. The third-order valence-corrected chi connectivity index (χ3v) is 3.84. The SMILES string of the molecule is CCOc1cc(C=C2N=C(c3ccccc3)OC2=O)cc(Cl)c1OCC#N. The molecule has 1 heterocycles. The quantitative estimate of drug-likeness (QED) is 0.557. The van der Waals surface area contributed by atoms with Crippen molar-refractivity contribution in [2.75, 3.05) is 13.2 Å². The lowest BCUT2D eigenvalue weighted by molar-refractivity contribution is -0.129. The van der Waals surface area contributed by atoms with Crippen molar-refractivity contribution in [2.24, 2.45) is 4.99 Å². The molecule has 0 bridgehead atoms. The van der Waals surface area contributed by atoms with Gasteiger partial charge in [-0.1, -0.05) is 29.8 Å². The molecule has 0 unspecified atom stereocenters. The van der Waals surface area contributed by atoms with Gasteiger partial charge in [0, 0.05) is 5.56 Å². The molecule has 3 rings (SSSR count). The minimum absolute atomic E-state index is 0.151. The number of benzene rings is 2. The van der Waals surface area contributed by atoms with Crippen molar-refractivity contribution in [2.45, 2.75) is 6.92 Å². The van der Waals surface area contributed by atoms with Crippen LogP contribution in [-0.2, 0) is 9.53 Å². The van der Waals surface area contributed by atoms with Crippen LogP contribution < -0.4 is 9.47 Å². The Labute approximate surface area is 161 Å². The highest BCUT2D eigenvalue weighted by atomic mass is 35.5. The number of nitriles is 1. The van der Waals surface area contributed by atoms with E-state index in [-0.39, 0.29) is 29.0 Å². The first-order valence-corrected chi connectivity index (χ1v) is 8.54. The number of hydrogen-bond acceptors (Lipinski definition) is 6. The van der Waals surface area contributed by atoms with E-state index >= 15 is 0 Å². The van der Waals surface area contributed by atoms with Crippen LogP contribution in [0.3, 0.4) is 0 Å². The van der Waals surface area contributed by atoms with E-state index in [9.17, 15) is 4.79 Å². The van der Waals surface area contributed by atoms with Gasteiger partial charge in [-0.05, 0) is 42.8 Å². The van der Waals surface area contributed by atoms with Gasteiger partial charge in [-0.15, -0.1) is 0 Å². The number of carbonyl (C=O) groups excluding carboxylic acids is 1. The lowest BCUT2D eigenvalue weighted by Crippen LogP contribution is -2.05. The van der Waals surface area contributed by atoms with Crippen molar-refractivity contribution in [1.29, 1.82) is 5.26 Å². The molecule has 1 aliphatic heterocycles. The lowest BCUT2D eigenvalue weighted by atomic mass is 10.1. The molecule has 0 atom stereocenters. The van der Waals surface area contributed by atoms with Crippen molar-refractivity contribution in [3.63, 3.8) is 0 Å². The summed E-state index contributed by atoms with van der Waals surface area (Å²) in [5.41, 5.74) is 1.46. The first-order chi connectivity index (χ1) is 13.1. The maximum Gasteiger partial charge on any atom is 0.363 e. The van der Waals surface area contributed by atoms with Crippen LogP contribution in [0.25, 0.3) is 6.08 Å². The first-order valence-electron chi connectivity index (χ1n) is 8.16. The predicted molar refractivity (Wildman–Crippen MR) is 101 cm³/mol. The number of aliphatic imine (C=N–C) groups is 1. The molecule has 0 saturated heterocycles. The standard InChI is InChI=1S/C20H15ClN2O4/c1-2-25-17-12-13(10-15(21)18(17)26-9-8-22)11-16-20(24)27-19(23-16)14-6-4-3-5-7-14/h3-7,10-12H,2,9H2,1H3. The van der Waals surface area contributed by atoms with Crippen molar-refractivity contribution >= 4 is 29.5 Å². The third kappa shape index (κ3) is 4.27. The van der Waals surface area contributed by atoms with Crippen LogP contribution in [0.15, 0.2) is 53.2 Å². The van der Waals surface area contributed by atoms with Gasteiger partial charge in [0.1, 0.15) is 6.07 Å². The van der Waals surface area contributed by atoms with Crippen molar-refractivity contribution in [3.8, 4) is 17.6 Å². The van der Waals surface area contributed by atoms with Crippen molar-refractivity contribution in [3.05, 3.63) is 64.3 Å². The molecule has 0 fully saturated rings. The van der Waals surface area contributed by atoms with Gasteiger partial charge >= 0.3 is 5.97 Å². The Morgan fingerprint density at radius 1 is 1.26 bits per heavy atom. The van der Waals surface area contributed by atoms with Crippen molar-refractivity contribution in [1.82, 2.24) is 0 Å². The van der Waals surface area contributed by atoms with Crippen LogP contribution in [-0.4, -0.2) is 25.1 Å². The lowest BCUT2D eigenvalue weighted by Gasteiger charge is -2.12. The number of esters is 1. The molecule has 2 aromatic rings. The summed E-state index contributed by atoms with van der Waals surface area (Å²) in [6.07, 6.45) is 1.56. The molecule has 2 aromatic carbocycles. The van der Waals surface area contributed by atoms with Gasteiger partial charge in [-0.3, -0.25) is 0 Å². The van der Waals surface area contributed by atoms with Gasteiger partial charge in [0.25, 0.3) is 0 Å². The second-order valence-electron chi connectivity index (χ2n) is 5.41. The van der Waals surface area contributed by atoms with Gasteiger partial charge in [-0.2, -0.15) is 5.26 Å². The van der Waals surface area contributed by atoms with Crippen LogP contribution in [0.1, 0.15) is 18.1 Å². The van der Waals surface area contributed by atoms with E-state index in [1.807, 2.05) is 31.2 Å². The van der Waals surface area contributed by atoms with Crippen LogP contribution in [0.4, 0.5) is 0 Å². The Balaban J connectivity index is 1.95. The van der Waals surface area contributed by atoms with Gasteiger partial charge in [0.05, 0.1) is 11.6 Å². The fraction of sp³-hybridized carbons (Fsp3) is 0.150. The normalized spacial score (nSPS) is 14.5. The van der Waals surface area contributed by atoms with E-state index in [0.717, 1.165) is 0 Å². The van der Waals surface area contributed by atoms with E-state index in [0.29, 0.717) is 23.5 Å². The Hall–Kier alpha value is -3.30. The summed E-state index contributed by atoms with van der Waals surface area (Å²) in [5, 5.41) is 8.96. The van der Waals surface area contributed by atoms with E-state index in [1.165, 1.54) is 0 Å². The molecular weight excluding hydrogens is 368 g/mol. The second kappa shape index (κ2) is 8.39. The zero-order valence-corrected chi connectivity index (χ0v) is 15.2. The molecule has 1 aliphatic rings. The molecule has 0 amide bonds. The van der Waals surface area contributed by atoms with E-state index in [4.69, 9.17) is 31.1 Å². The number of rotatable bonds is 6. The molecule has 0 N–H and O–H groups in total. The highest BCUT2D eigenvalue weighted by Gasteiger charge is 2.24. The zero-order chi connectivity index (χ0) is 19.2. The fourth-order valence-corrected chi connectivity index (χ4v) is 2.72. The molecule has 0 radical (unpaired) electrons. The van der Waals surface area contributed by atoms with Gasteiger partial charge in [0.15, 0.2) is 23.8 Å². The Morgan fingerprint density at radius 3 is 2.74 bits per heavy atom. The topological polar surface area (TPSA) is 80.9 Å². The maximum absolute atomic E-state index is 12.1. The Morgan fingerprint density at radius 2 is 2.04 bits per heavy atom. The van der Waals surface area contributed by atoms with Gasteiger partial charge in [-0.25, -0.2) is 9.79 Å². The molecule has 7 heteroatoms. The minimum atomic E-state index is -0.548. The summed E-state index contributed by atoms with van der Waals surface area (Å²) in [5.74, 6) is 0.361. The molecular formula is C20H15ClN2O4. The maximum atomic E-state index is 12.1. The molecule has 6 nitrogen and oxygen atoms in total. The second-order valence-corrected chi connectivity index (χ2v) is 5.82. The van der Waals surface area contributed by atoms with Crippen LogP contribution in [0.2, 0.25) is 5.02 Å². The average molecular weight is 383 g/mol. The number of hydrogen-bond donors (Lipinski definition) is 0. The van der Waals surface area contributed by atoms with E-state index in [2.05, 4.69) is 4.99 Å². The van der Waals surface area contributed by atoms with Crippen LogP contribution >= 0.6 is 11.6 Å². The monoisotopic (exact) mass is 382 g/mol. The van der Waals surface area contributed by atoms with Crippen molar-refractivity contribution < 1.29 is 19.0 Å².